The SMILES string of the molecule is C=C(C)C(=O)OCC.C=CC#N. The van der Waals surface area contributed by atoms with E-state index in [1.165, 1.54) is 6.08 Å². The minimum atomic E-state index is -0.312. The van der Waals surface area contributed by atoms with E-state index in [2.05, 4.69) is 17.9 Å². The van der Waals surface area contributed by atoms with E-state index in [1.54, 1.807) is 19.9 Å². The van der Waals surface area contributed by atoms with Crippen molar-refractivity contribution in [3.63, 3.8) is 0 Å². The Kier molecular flexibility index (Phi) is 10.3. The lowest BCUT2D eigenvalue weighted by molar-refractivity contribution is -0.138. The van der Waals surface area contributed by atoms with Crippen LogP contribution in [0.1, 0.15) is 13.8 Å². The van der Waals surface area contributed by atoms with Crippen LogP contribution >= 0.6 is 0 Å². The largest absolute Gasteiger partial charge is 0.463 e. The molecule has 0 radical (unpaired) electrons. The summed E-state index contributed by atoms with van der Waals surface area (Å²) in [5, 5.41) is 7.51. The third-order valence-electron chi connectivity index (χ3n) is 0.715. The maximum Gasteiger partial charge on any atom is 0.333 e. The molecule has 0 aromatic carbocycles. The summed E-state index contributed by atoms with van der Waals surface area (Å²) in [5.74, 6) is -0.312. The molecule has 0 aliphatic rings. The first kappa shape index (κ1) is 13.1. The molecule has 0 amide bonds. The van der Waals surface area contributed by atoms with E-state index in [9.17, 15) is 4.79 Å². The van der Waals surface area contributed by atoms with Crippen LogP contribution in [0.4, 0.5) is 0 Å². The molecule has 0 atom stereocenters. The van der Waals surface area contributed by atoms with Crippen molar-refractivity contribution >= 4 is 5.97 Å². The standard InChI is InChI=1S/C6H10O2.C3H3N/c1-4-8-6(7)5(2)3;1-2-3-4/h2,4H2,1,3H3;2H,1H2. The van der Waals surface area contributed by atoms with E-state index in [-0.39, 0.29) is 5.97 Å². The number of allylic oxidation sites excluding steroid dienone is 1. The van der Waals surface area contributed by atoms with Crippen LogP contribution in [0.3, 0.4) is 0 Å². The molecular formula is C9H13NO2. The Morgan fingerprint density at radius 2 is 2.17 bits per heavy atom. The third kappa shape index (κ3) is 11.3. The van der Waals surface area contributed by atoms with Gasteiger partial charge in [-0.1, -0.05) is 13.2 Å². The van der Waals surface area contributed by atoms with Gasteiger partial charge in [-0.3, -0.25) is 0 Å². The van der Waals surface area contributed by atoms with Crippen molar-refractivity contribution in [2.75, 3.05) is 6.61 Å². The molecular weight excluding hydrogens is 154 g/mol. The molecule has 0 aliphatic carbocycles. The van der Waals surface area contributed by atoms with E-state index in [0.29, 0.717) is 12.2 Å². The van der Waals surface area contributed by atoms with E-state index in [4.69, 9.17) is 5.26 Å². The summed E-state index contributed by atoms with van der Waals surface area (Å²) in [6, 6.07) is 1.69. The van der Waals surface area contributed by atoms with Crippen molar-refractivity contribution < 1.29 is 9.53 Å². The van der Waals surface area contributed by atoms with Crippen molar-refractivity contribution in [2.45, 2.75) is 13.8 Å². The molecule has 0 heterocycles. The van der Waals surface area contributed by atoms with E-state index < -0.39 is 0 Å². The van der Waals surface area contributed by atoms with Gasteiger partial charge in [-0.2, -0.15) is 5.26 Å². The van der Waals surface area contributed by atoms with Crippen LogP contribution < -0.4 is 0 Å². The fraction of sp³-hybridized carbons (Fsp3) is 0.333. The van der Waals surface area contributed by atoms with E-state index in [1.807, 2.05) is 0 Å². The highest BCUT2D eigenvalue weighted by atomic mass is 16.5. The first-order chi connectivity index (χ1) is 5.59. The Morgan fingerprint density at radius 3 is 2.25 bits per heavy atom. The van der Waals surface area contributed by atoms with Crippen LogP contribution in [0.25, 0.3) is 0 Å². The average molecular weight is 167 g/mol. The molecule has 0 aliphatic heterocycles. The second-order valence-electron chi connectivity index (χ2n) is 1.83. The number of ether oxygens (including phenoxy) is 1. The smallest absolute Gasteiger partial charge is 0.333 e. The molecule has 0 bridgehead atoms. The highest BCUT2D eigenvalue weighted by Gasteiger charge is 1.98. The zero-order chi connectivity index (χ0) is 9.98. The average Bonchev–Trinajstić information content (AvgIpc) is 2.05. The van der Waals surface area contributed by atoms with Gasteiger partial charge in [0.05, 0.1) is 12.7 Å². The quantitative estimate of drug-likeness (QED) is 0.358. The van der Waals surface area contributed by atoms with Crippen LogP contribution in [0.5, 0.6) is 0 Å². The molecule has 66 valence electrons. The van der Waals surface area contributed by atoms with Crippen molar-refractivity contribution in [1.29, 1.82) is 5.26 Å². The van der Waals surface area contributed by atoms with Crippen LogP contribution in [0, 0.1) is 11.3 Å². The summed E-state index contributed by atoms with van der Waals surface area (Å²) in [7, 11) is 0. The first-order valence-electron chi connectivity index (χ1n) is 3.43. The van der Waals surface area contributed by atoms with Crippen molar-refractivity contribution in [3.05, 3.63) is 24.8 Å². The molecule has 0 saturated heterocycles. The molecule has 12 heavy (non-hydrogen) atoms. The highest BCUT2D eigenvalue weighted by Crippen LogP contribution is 1.89. The Balaban J connectivity index is 0. The van der Waals surface area contributed by atoms with Gasteiger partial charge in [0.25, 0.3) is 0 Å². The van der Waals surface area contributed by atoms with Crippen LogP contribution in [0.2, 0.25) is 0 Å². The molecule has 0 N–H and O–H groups in total. The van der Waals surface area contributed by atoms with Crippen molar-refractivity contribution in [3.8, 4) is 6.07 Å². The van der Waals surface area contributed by atoms with Gasteiger partial charge in [0.2, 0.25) is 0 Å². The van der Waals surface area contributed by atoms with Crippen LogP contribution in [-0.4, -0.2) is 12.6 Å². The molecule has 3 heteroatoms. The number of rotatable bonds is 2. The van der Waals surface area contributed by atoms with Crippen molar-refractivity contribution in [1.82, 2.24) is 0 Å². The van der Waals surface area contributed by atoms with Crippen LogP contribution in [0.15, 0.2) is 24.8 Å². The van der Waals surface area contributed by atoms with Gasteiger partial charge in [-0.05, 0) is 13.8 Å². The maximum absolute atomic E-state index is 10.4. The van der Waals surface area contributed by atoms with Gasteiger partial charge in [0.15, 0.2) is 0 Å². The molecule has 0 unspecified atom stereocenters. The zero-order valence-electron chi connectivity index (χ0n) is 7.46. The molecule has 0 aromatic heterocycles. The van der Waals surface area contributed by atoms with E-state index in [0.717, 1.165) is 0 Å². The Bertz CT molecular complexity index is 201. The van der Waals surface area contributed by atoms with Gasteiger partial charge in [0, 0.05) is 11.6 Å². The fourth-order valence-corrected chi connectivity index (χ4v) is 0.254. The topological polar surface area (TPSA) is 50.1 Å². The number of nitrogens with zero attached hydrogens (tertiary/aromatic N) is 1. The molecule has 0 rings (SSSR count). The van der Waals surface area contributed by atoms with Gasteiger partial charge in [0.1, 0.15) is 0 Å². The van der Waals surface area contributed by atoms with Gasteiger partial charge in [-0.25, -0.2) is 4.79 Å². The number of carbonyl (C=O) groups is 1. The van der Waals surface area contributed by atoms with Crippen LogP contribution in [-0.2, 0) is 9.53 Å². The number of hydrogen-bond donors (Lipinski definition) is 0. The second kappa shape index (κ2) is 9.44. The maximum atomic E-state index is 10.4. The van der Waals surface area contributed by atoms with Crippen molar-refractivity contribution in [2.24, 2.45) is 0 Å². The first-order valence-corrected chi connectivity index (χ1v) is 3.43. The summed E-state index contributed by atoms with van der Waals surface area (Å²) in [5.41, 5.74) is 0.451. The van der Waals surface area contributed by atoms with Gasteiger partial charge < -0.3 is 4.74 Å². The monoisotopic (exact) mass is 167 g/mol. The van der Waals surface area contributed by atoms with Gasteiger partial charge in [-0.15, -0.1) is 0 Å². The minimum Gasteiger partial charge on any atom is -0.463 e. The summed E-state index contributed by atoms with van der Waals surface area (Å²) in [4.78, 5) is 10.4. The molecule has 0 saturated carbocycles. The van der Waals surface area contributed by atoms with E-state index >= 15 is 0 Å². The summed E-state index contributed by atoms with van der Waals surface area (Å²) in [6.45, 7) is 10.3. The van der Waals surface area contributed by atoms with Gasteiger partial charge >= 0.3 is 5.97 Å². The Hall–Kier alpha value is -1.56. The highest BCUT2D eigenvalue weighted by molar-refractivity contribution is 5.86. The fourth-order valence-electron chi connectivity index (χ4n) is 0.254. The number of hydrogen-bond acceptors (Lipinski definition) is 3. The Labute approximate surface area is 73.0 Å². The lowest BCUT2D eigenvalue weighted by Crippen LogP contribution is -2.03. The molecule has 0 aromatic rings. The third-order valence-corrected chi connectivity index (χ3v) is 0.715. The predicted octanol–water partition coefficient (Wildman–Crippen LogP) is 1.82. The molecule has 0 spiro atoms. The number of carbonyl (C=O) groups excluding carboxylic acids is 1. The predicted molar refractivity (Wildman–Crippen MR) is 47.3 cm³/mol. The lowest BCUT2D eigenvalue weighted by Gasteiger charge is -1.96. The zero-order valence-corrected chi connectivity index (χ0v) is 7.46. The summed E-state index contributed by atoms with van der Waals surface area (Å²) >= 11 is 0. The Morgan fingerprint density at radius 1 is 1.75 bits per heavy atom. The molecule has 3 nitrogen and oxygen atoms in total. The number of nitriles is 1. The normalized spacial score (nSPS) is 6.75. The summed E-state index contributed by atoms with van der Waals surface area (Å²) in [6.07, 6.45) is 1.18. The second-order valence-corrected chi connectivity index (χ2v) is 1.83. The number of esters is 1. The summed E-state index contributed by atoms with van der Waals surface area (Å²) < 4.78 is 4.56. The lowest BCUT2D eigenvalue weighted by atomic mass is 10.4. The minimum absolute atomic E-state index is 0.312. The molecule has 0 fully saturated rings.